The first-order chi connectivity index (χ1) is 15.9. The zero-order valence-corrected chi connectivity index (χ0v) is 17.7. The maximum Gasteiger partial charge on any atom is 0.269 e. The van der Waals surface area contributed by atoms with E-state index in [2.05, 4.69) is 20.6 Å². The molecule has 6 rings (SSSR count). The first-order valence-corrected chi connectivity index (χ1v) is 11.1. The van der Waals surface area contributed by atoms with E-state index in [0.717, 1.165) is 0 Å². The van der Waals surface area contributed by atoms with E-state index in [1.165, 1.54) is 30.0 Å². The van der Waals surface area contributed by atoms with Crippen LogP contribution in [0.2, 0.25) is 0 Å². The van der Waals surface area contributed by atoms with Crippen molar-refractivity contribution in [2.45, 2.75) is 10.6 Å². The van der Waals surface area contributed by atoms with Crippen LogP contribution < -0.4 is 16.2 Å². The van der Waals surface area contributed by atoms with E-state index >= 15 is 0 Å². The molecule has 0 fully saturated rings. The number of hydrogen-bond donors (Lipinski definition) is 3. The molecule has 162 valence electrons. The minimum Gasteiger partial charge on any atom is -0.339 e. The number of nitro groups is 1. The normalized spacial score (nSPS) is 19.5. The number of Topliss-reactive ketones (excluding diaryl/α,β-unsaturated/α-hetero) is 1. The lowest BCUT2D eigenvalue weighted by molar-refractivity contribution is -0.384. The molecular formula is C22H13N5O5S. The Morgan fingerprint density at radius 3 is 2.55 bits per heavy atom. The number of aromatic amines is 1. The number of H-pyrrole nitrogens is 1. The van der Waals surface area contributed by atoms with Gasteiger partial charge in [0.15, 0.2) is 10.9 Å². The number of nitrogens with zero attached hydrogens (tertiary/aromatic N) is 2. The predicted molar refractivity (Wildman–Crippen MR) is 120 cm³/mol. The molecular weight excluding hydrogens is 446 g/mol. The molecule has 2 aromatic carbocycles. The van der Waals surface area contributed by atoms with Crippen LogP contribution in [0.15, 0.2) is 58.0 Å². The van der Waals surface area contributed by atoms with Crippen LogP contribution in [-0.4, -0.2) is 32.8 Å². The second kappa shape index (κ2) is 6.39. The van der Waals surface area contributed by atoms with Crippen LogP contribution in [-0.2, 0) is 10.2 Å². The molecule has 1 amide bonds. The summed E-state index contributed by atoms with van der Waals surface area (Å²) in [5.74, 6) is -0.943. The number of carbonyl (C=O) groups excluding carboxylic acids is 2. The van der Waals surface area contributed by atoms with Crippen molar-refractivity contribution in [1.82, 2.24) is 9.97 Å². The molecule has 33 heavy (non-hydrogen) atoms. The lowest BCUT2D eigenvalue weighted by Gasteiger charge is -2.34. The molecule has 1 aliphatic carbocycles. The van der Waals surface area contributed by atoms with Gasteiger partial charge in [-0.15, -0.1) is 0 Å². The summed E-state index contributed by atoms with van der Waals surface area (Å²) < 4.78 is 0. The molecule has 3 aromatic rings. The van der Waals surface area contributed by atoms with E-state index in [9.17, 15) is 24.5 Å². The summed E-state index contributed by atoms with van der Waals surface area (Å²) >= 11 is 1.21. The van der Waals surface area contributed by atoms with Gasteiger partial charge in [0, 0.05) is 40.1 Å². The molecule has 10 nitrogen and oxygen atoms in total. The van der Waals surface area contributed by atoms with Crippen molar-refractivity contribution in [3.05, 3.63) is 90.8 Å². The van der Waals surface area contributed by atoms with E-state index < -0.39 is 27.6 Å². The molecule has 1 unspecified atom stereocenters. The number of aromatic nitrogens is 2. The first-order valence-electron chi connectivity index (χ1n) is 9.83. The van der Waals surface area contributed by atoms with Gasteiger partial charge in [0.25, 0.3) is 11.2 Å². The van der Waals surface area contributed by atoms with Gasteiger partial charge in [0.2, 0.25) is 5.91 Å². The van der Waals surface area contributed by atoms with Gasteiger partial charge in [-0.3, -0.25) is 24.5 Å². The van der Waals surface area contributed by atoms with Crippen molar-refractivity contribution >= 4 is 46.3 Å². The van der Waals surface area contributed by atoms with Crippen LogP contribution in [0.4, 0.5) is 17.2 Å². The van der Waals surface area contributed by atoms with Crippen molar-refractivity contribution in [3.8, 4) is 0 Å². The standard InChI is InChI=1S/C22H13N5O5S/c1-33-21-25-18-15(19(29)26-21)22(12-8-9(27(31)32)6-7-13(12)23-20(22)30)14-16(24-18)10-4-2-3-5-11(10)17(14)28/h2-8H,1H3,(H,23,30)(H2,24,25,26,29). The van der Waals surface area contributed by atoms with Gasteiger partial charge in [-0.25, -0.2) is 4.98 Å². The number of carbonyl (C=O) groups is 2. The molecule has 3 heterocycles. The molecule has 0 radical (unpaired) electrons. The third-order valence-electron chi connectivity index (χ3n) is 6.21. The molecule has 11 heteroatoms. The number of ketones is 1. The smallest absolute Gasteiger partial charge is 0.269 e. The minimum atomic E-state index is -1.90. The maximum absolute atomic E-state index is 13.7. The maximum atomic E-state index is 13.7. The summed E-state index contributed by atoms with van der Waals surface area (Å²) in [7, 11) is 0. The third kappa shape index (κ3) is 2.28. The number of anilines is 2. The third-order valence-corrected chi connectivity index (χ3v) is 6.79. The first kappa shape index (κ1) is 19.4. The van der Waals surface area contributed by atoms with Crippen molar-refractivity contribution in [3.63, 3.8) is 0 Å². The van der Waals surface area contributed by atoms with E-state index in [4.69, 9.17) is 0 Å². The highest BCUT2D eigenvalue weighted by Crippen LogP contribution is 2.56. The number of rotatable bonds is 2. The van der Waals surface area contributed by atoms with Crippen molar-refractivity contribution in [2.24, 2.45) is 0 Å². The number of thioether (sulfide) groups is 1. The second-order valence-corrected chi connectivity index (χ2v) is 8.53. The molecule has 1 spiro atoms. The molecule has 0 saturated heterocycles. The summed E-state index contributed by atoms with van der Waals surface area (Å²) in [6.45, 7) is 0. The Kier molecular flexibility index (Phi) is 3.76. The predicted octanol–water partition coefficient (Wildman–Crippen LogP) is 2.67. The van der Waals surface area contributed by atoms with Crippen LogP contribution in [0, 0.1) is 10.1 Å². The Hall–Kier alpha value is -4.25. The second-order valence-electron chi connectivity index (χ2n) is 7.74. The van der Waals surface area contributed by atoms with Gasteiger partial charge in [0.1, 0.15) is 11.2 Å². The molecule has 3 aliphatic rings. The number of amides is 1. The van der Waals surface area contributed by atoms with E-state index in [1.54, 1.807) is 30.5 Å². The summed E-state index contributed by atoms with van der Waals surface area (Å²) in [5, 5.41) is 17.7. The number of nitro benzene ring substituents is 1. The average molecular weight is 459 g/mol. The highest BCUT2D eigenvalue weighted by atomic mass is 32.2. The van der Waals surface area contributed by atoms with Crippen LogP contribution in [0.25, 0.3) is 5.70 Å². The summed E-state index contributed by atoms with van der Waals surface area (Å²) in [6.07, 6.45) is 1.74. The van der Waals surface area contributed by atoms with Gasteiger partial charge in [0.05, 0.1) is 16.2 Å². The Balaban J connectivity index is 1.79. The molecule has 1 atom stereocenters. The van der Waals surface area contributed by atoms with Gasteiger partial charge >= 0.3 is 0 Å². The topological polar surface area (TPSA) is 147 Å². The zero-order chi connectivity index (χ0) is 23.1. The number of nitrogens with one attached hydrogen (secondary N) is 3. The molecule has 2 aliphatic heterocycles. The van der Waals surface area contributed by atoms with Gasteiger partial charge in [-0.05, 0) is 12.3 Å². The fourth-order valence-electron chi connectivity index (χ4n) is 4.90. The van der Waals surface area contributed by atoms with Crippen molar-refractivity contribution < 1.29 is 14.5 Å². The van der Waals surface area contributed by atoms with E-state index in [-0.39, 0.29) is 28.2 Å². The largest absolute Gasteiger partial charge is 0.339 e. The van der Waals surface area contributed by atoms with E-state index in [1.807, 2.05) is 0 Å². The Bertz CT molecular complexity index is 1560. The van der Waals surface area contributed by atoms with Gasteiger partial charge < -0.3 is 15.6 Å². The van der Waals surface area contributed by atoms with E-state index in [0.29, 0.717) is 27.7 Å². The molecule has 1 aromatic heterocycles. The van der Waals surface area contributed by atoms with Gasteiger partial charge in [-0.2, -0.15) is 0 Å². The fourth-order valence-corrected chi connectivity index (χ4v) is 5.28. The number of hydrogen-bond acceptors (Lipinski definition) is 8. The average Bonchev–Trinajstić information content (AvgIpc) is 3.25. The highest BCUT2D eigenvalue weighted by Gasteiger charge is 2.61. The van der Waals surface area contributed by atoms with Crippen LogP contribution >= 0.6 is 11.8 Å². The summed E-state index contributed by atoms with van der Waals surface area (Å²) in [5.41, 5.74) is -1.02. The van der Waals surface area contributed by atoms with Crippen LogP contribution in [0.5, 0.6) is 0 Å². The summed E-state index contributed by atoms with van der Waals surface area (Å²) in [6, 6.07) is 10.8. The zero-order valence-electron chi connectivity index (χ0n) is 16.9. The summed E-state index contributed by atoms with van der Waals surface area (Å²) in [4.78, 5) is 58.8. The number of non-ortho nitro benzene ring substituents is 1. The number of fused-ring (bicyclic) bond motifs is 7. The lowest BCUT2D eigenvalue weighted by atomic mass is 9.67. The van der Waals surface area contributed by atoms with Crippen LogP contribution in [0.1, 0.15) is 27.0 Å². The quantitative estimate of drug-likeness (QED) is 0.229. The Labute approximate surface area is 189 Å². The minimum absolute atomic E-state index is 0.0529. The van der Waals surface area contributed by atoms with Crippen LogP contribution in [0.3, 0.4) is 0 Å². The van der Waals surface area contributed by atoms with Gasteiger partial charge in [-0.1, -0.05) is 36.0 Å². The Morgan fingerprint density at radius 1 is 1.06 bits per heavy atom. The monoisotopic (exact) mass is 459 g/mol. The Morgan fingerprint density at radius 2 is 1.82 bits per heavy atom. The molecule has 0 saturated carbocycles. The van der Waals surface area contributed by atoms with Crippen molar-refractivity contribution in [2.75, 3.05) is 16.9 Å². The molecule has 3 N–H and O–H groups in total. The fraction of sp³-hybridized carbons (Fsp3) is 0.0909. The SMILES string of the molecule is CSc1nc2c(c(=O)[nH]1)C1(C(=O)Nc3ccc([N+](=O)[O-])cc31)C1=C(N2)c2ccccc2C1=O. The molecule has 0 bridgehead atoms. The highest BCUT2D eigenvalue weighted by molar-refractivity contribution is 7.98. The lowest BCUT2D eigenvalue weighted by Crippen LogP contribution is -2.47. The van der Waals surface area contributed by atoms with Crippen molar-refractivity contribution in [1.29, 1.82) is 0 Å². The number of benzene rings is 2.